The van der Waals surface area contributed by atoms with Crippen molar-refractivity contribution >= 4 is 28.1 Å². The lowest BCUT2D eigenvalue weighted by molar-refractivity contribution is 0.250. The topological polar surface area (TPSA) is 31.5 Å². The zero-order chi connectivity index (χ0) is 26.1. The highest BCUT2D eigenvalue weighted by Gasteiger charge is 2.25. The minimum Gasteiger partial charge on any atom is -0.495 e. The molecule has 5 aromatic rings. The quantitative estimate of drug-likeness (QED) is 0.247. The predicted molar refractivity (Wildman–Crippen MR) is 159 cm³/mol. The number of ether oxygens (including phenoxy) is 1. The normalized spacial score (nSPS) is 14.2. The highest BCUT2D eigenvalue weighted by Crippen LogP contribution is 2.40. The first-order valence-electron chi connectivity index (χ1n) is 13.2. The summed E-state index contributed by atoms with van der Waals surface area (Å²) in [6.07, 6.45) is 0. The van der Waals surface area contributed by atoms with Crippen LogP contribution in [0.25, 0.3) is 33.2 Å². The maximum atomic E-state index is 6.25. The van der Waals surface area contributed by atoms with Crippen molar-refractivity contribution in [2.24, 2.45) is 0 Å². The number of hydrogen-bond acceptors (Lipinski definition) is 3. The number of nitrogens with zero attached hydrogens (tertiary/aromatic N) is 2. The molecule has 0 spiro atoms. The Balaban J connectivity index is 1.37. The number of anilines is 1. The Hall–Kier alpha value is -3.73. The summed E-state index contributed by atoms with van der Waals surface area (Å²) in [7, 11) is 1.75. The smallest absolute Gasteiger partial charge is 0.142 e. The second-order valence-electron chi connectivity index (χ2n) is 9.95. The van der Waals surface area contributed by atoms with E-state index in [2.05, 4.69) is 88.4 Å². The van der Waals surface area contributed by atoms with Crippen LogP contribution in [0.15, 0.2) is 91.0 Å². The van der Waals surface area contributed by atoms with Gasteiger partial charge < -0.3 is 14.6 Å². The van der Waals surface area contributed by atoms with Crippen molar-refractivity contribution in [3.63, 3.8) is 0 Å². The second kappa shape index (κ2) is 10.6. The molecule has 6 rings (SSSR count). The summed E-state index contributed by atoms with van der Waals surface area (Å²) in [6, 6.07) is 31.8. The van der Waals surface area contributed by atoms with Crippen LogP contribution in [0.1, 0.15) is 11.3 Å². The average Bonchev–Trinajstić information content (AvgIpc) is 3.28. The Morgan fingerprint density at radius 2 is 1.53 bits per heavy atom. The number of halogens is 1. The SMILES string of the molecule is COc1ccccc1N1CCN(Cc2c(-c3ccc(Cl)cc3)[nH]c(C)c2-c2cccc3ccccc23)CC1. The number of aromatic nitrogens is 1. The molecule has 0 amide bonds. The number of aryl methyl sites for hydroxylation is 1. The van der Waals surface area contributed by atoms with Crippen molar-refractivity contribution in [3.8, 4) is 28.1 Å². The zero-order valence-corrected chi connectivity index (χ0v) is 22.6. The van der Waals surface area contributed by atoms with Crippen molar-refractivity contribution in [3.05, 3.63) is 107 Å². The minimum absolute atomic E-state index is 0.750. The van der Waals surface area contributed by atoms with Gasteiger partial charge in [0, 0.05) is 49.0 Å². The lowest BCUT2D eigenvalue weighted by atomic mass is 9.93. The van der Waals surface area contributed by atoms with Gasteiger partial charge in [-0.2, -0.15) is 0 Å². The monoisotopic (exact) mass is 521 g/mol. The Bertz CT molecular complexity index is 1560. The Labute approximate surface area is 229 Å². The van der Waals surface area contributed by atoms with E-state index in [1.54, 1.807) is 7.11 Å². The Morgan fingerprint density at radius 1 is 0.816 bits per heavy atom. The van der Waals surface area contributed by atoms with Gasteiger partial charge in [0.1, 0.15) is 5.75 Å². The number of rotatable bonds is 6. The maximum absolute atomic E-state index is 6.25. The molecule has 0 bridgehead atoms. The van der Waals surface area contributed by atoms with Gasteiger partial charge in [0.2, 0.25) is 0 Å². The number of benzene rings is 4. The van der Waals surface area contributed by atoms with Crippen LogP contribution in [-0.4, -0.2) is 43.2 Å². The summed E-state index contributed by atoms with van der Waals surface area (Å²) in [5.74, 6) is 0.936. The molecule has 1 fully saturated rings. The van der Waals surface area contributed by atoms with Crippen LogP contribution in [-0.2, 0) is 6.54 Å². The van der Waals surface area contributed by atoms with Crippen molar-refractivity contribution < 1.29 is 4.74 Å². The molecule has 2 heterocycles. The van der Waals surface area contributed by atoms with Crippen LogP contribution in [0.3, 0.4) is 0 Å². The minimum atomic E-state index is 0.750. The van der Waals surface area contributed by atoms with E-state index in [0.29, 0.717) is 0 Å². The van der Waals surface area contributed by atoms with Crippen molar-refractivity contribution in [2.75, 3.05) is 38.2 Å². The van der Waals surface area contributed by atoms with Crippen LogP contribution in [0.4, 0.5) is 5.69 Å². The molecular formula is C33H32ClN3O. The molecule has 38 heavy (non-hydrogen) atoms. The molecule has 0 atom stereocenters. The van der Waals surface area contributed by atoms with E-state index in [0.717, 1.165) is 49.1 Å². The highest BCUT2D eigenvalue weighted by atomic mass is 35.5. The van der Waals surface area contributed by atoms with E-state index < -0.39 is 0 Å². The molecule has 1 aromatic heterocycles. The highest BCUT2D eigenvalue weighted by molar-refractivity contribution is 6.30. The van der Waals surface area contributed by atoms with E-state index in [-0.39, 0.29) is 0 Å². The average molecular weight is 522 g/mol. The van der Waals surface area contributed by atoms with Crippen molar-refractivity contribution in [2.45, 2.75) is 13.5 Å². The van der Waals surface area contributed by atoms with Gasteiger partial charge in [-0.05, 0) is 58.7 Å². The zero-order valence-electron chi connectivity index (χ0n) is 21.9. The molecule has 0 saturated carbocycles. The van der Waals surface area contributed by atoms with E-state index in [9.17, 15) is 0 Å². The van der Waals surface area contributed by atoms with Gasteiger partial charge in [0.25, 0.3) is 0 Å². The third-order valence-corrected chi connectivity index (χ3v) is 7.91. The van der Waals surface area contributed by atoms with E-state index in [1.165, 1.54) is 44.5 Å². The Kier molecular flexibility index (Phi) is 6.84. The first kappa shape index (κ1) is 24.6. The fraction of sp³-hybridized carbons (Fsp3) is 0.212. The molecule has 1 N–H and O–H groups in total. The lowest BCUT2D eigenvalue weighted by Gasteiger charge is -2.37. The second-order valence-corrected chi connectivity index (χ2v) is 10.4. The number of aromatic amines is 1. The van der Waals surface area contributed by atoms with Crippen molar-refractivity contribution in [1.82, 2.24) is 9.88 Å². The van der Waals surface area contributed by atoms with Gasteiger partial charge in [0.15, 0.2) is 0 Å². The summed E-state index contributed by atoms with van der Waals surface area (Å²) in [5, 5.41) is 3.29. The molecule has 192 valence electrons. The number of hydrogen-bond donors (Lipinski definition) is 1. The molecule has 4 nitrogen and oxygen atoms in total. The number of H-pyrrole nitrogens is 1. The number of piperazine rings is 1. The van der Waals surface area contributed by atoms with Crippen molar-refractivity contribution in [1.29, 1.82) is 0 Å². The van der Waals surface area contributed by atoms with E-state index in [1.807, 2.05) is 24.3 Å². The van der Waals surface area contributed by atoms with Gasteiger partial charge in [-0.3, -0.25) is 4.90 Å². The molecule has 5 heteroatoms. The van der Waals surface area contributed by atoms with Crippen LogP contribution >= 0.6 is 11.6 Å². The molecule has 0 radical (unpaired) electrons. The molecule has 1 aliphatic heterocycles. The molecule has 1 aliphatic rings. The van der Waals surface area contributed by atoms with Gasteiger partial charge >= 0.3 is 0 Å². The number of nitrogens with one attached hydrogen (secondary N) is 1. The first-order chi connectivity index (χ1) is 18.6. The molecule has 0 unspecified atom stereocenters. The van der Waals surface area contributed by atoms with Gasteiger partial charge in [-0.15, -0.1) is 0 Å². The standard InChI is InChI=1S/C33H32ClN3O/c1-23-32(28-11-7-9-24-8-3-4-10-27(24)28)29(33(35-23)25-14-16-26(34)17-15-25)22-36-18-20-37(21-19-36)30-12-5-6-13-31(30)38-2/h3-17,35H,18-22H2,1-2H3. The predicted octanol–water partition coefficient (Wildman–Crippen LogP) is 7.79. The van der Waals surface area contributed by atoms with Gasteiger partial charge in [-0.25, -0.2) is 0 Å². The van der Waals surface area contributed by atoms with E-state index >= 15 is 0 Å². The Morgan fingerprint density at radius 3 is 2.32 bits per heavy atom. The van der Waals surface area contributed by atoms with Crippen LogP contribution in [0.2, 0.25) is 5.02 Å². The molecule has 0 aliphatic carbocycles. The largest absolute Gasteiger partial charge is 0.495 e. The summed E-state index contributed by atoms with van der Waals surface area (Å²) in [5.41, 5.74) is 8.62. The number of methoxy groups -OCH3 is 1. The third-order valence-electron chi connectivity index (χ3n) is 7.66. The first-order valence-corrected chi connectivity index (χ1v) is 13.6. The van der Waals surface area contributed by atoms with Crippen LogP contribution in [0.5, 0.6) is 5.75 Å². The summed E-state index contributed by atoms with van der Waals surface area (Å²) in [6.45, 7) is 6.96. The summed E-state index contributed by atoms with van der Waals surface area (Å²) in [4.78, 5) is 8.76. The molecule has 1 saturated heterocycles. The van der Waals surface area contributed by atoms with Gasteiger partial charge in [0.05, 0.1) is 18.5 Å². The van der Waals surface area contributed by atoms with E-state index in [4.69, 9.17) is 16.3 Å². The van der Waals surface area contributed by atoms with Crippen LogP contribution in [0, 0.1) is 6.92 Å². The van der Waals surface area contributed by atoms with Crippen LogP contribution < -0.4 is 9.64 Å². The summed E-state index contributed by atoms with van der Waals surface area (Å²) < 4.78 is 5.63. The fourth-order valence-electron chi connectivity index (χ4n) is 5.77. The fourth-order valence-corrected chi connectivity index (χ4v) is 5.89. The summed E-state index contributed by atoms with van der Waals surface area (Å²) >= 11 is 6.25. The maximum Gasteiger partial charge on any atom is 0.142 e. The number of fused-ring (bicyclic) bond motifs is 1. The molecule has 4 aromatic carbocycles. The van der Waals surface area contributed by atoms with Gasteiger partial charge in [-0.1, -0.05) is 78.3 Å². The molecular weight excluding hydrogens is 490 g/mol. The number of para-hydroxylation sites is 2. The lowest BCUT2D eigenvalue weighted by Crippen LogP contribution is -2.46. The third kappa shape index (κ3) is 4.66.